The summed E-state index contributed by atoms with van der Waals surface area (Å²) in [6, 6.07) is 7.31. The van der Waals surface area contributed by atoms with Gasteiger partial charge in [-0.05, 0) is 49.3 Å². The van der Waals surface area contributed by atoms with E-state index in [0.29, 0.717) is 12.3 Å². The van der Waals surface area contributed by atoms with Crippen LogP contribution < -0.4 is 4.74 Å². The van der Waals surface area contributed by atoms with Crippen LogP contribution in [0.1, 0.15) is 44.2 Å². The average molecular weight is 371 g/mol. The number of rotatable bonds is 12. The molecule has 0 aromatic heterocycles. The van der Waals surface area contributed by atoms with E-state index in [0.717, 1.165) is 17.9 Å². The molecule has 1 fully saturated rings. The molecule has 7 heteroatoms. The van der Waals surface area contributed by atoms with Gasteiger partial charge in [-0.15, -0.1) is 0 Å². The van der Waals surface area contributed by atoms with Crippen molar-refractivity contribution in [1.29, 1.82) is 0 Å². The van der Waals surface area contributed by atoms with Gasteiger partial charge in [0, 0.05) is 13.7 Å². The Morgan fingerprint density at radius 3 is 2.72 bits per heavy atom. The zero-order valence-electron chi connectivity index (χ0n) is 15.1. The Bertz CT molecular complexity index is 630. The highest BCUT2D eigenvalue weighted by molar-refractivity contribution is 7.89. The third-order valence-corrected chi connectivity index (χ3v) is 6.21. The Balaban J connectivity index is 2.19. The first-order valence-corrected chi connectivity index (χ1v) is 10.4. The van der Waals surface area contributed by atoms with Crippen molar-refractivity contribution in [3.05, 3.63) is 29.8 Å². The van der Waals surface area contributed by atoms with Gasteiger partial charge >= 0.3 is 0 Å². The molecule has 0 radical (unpaired) electrons. The van der Waals surface area contributed by atoms with Gasteiger partial charge in [0.2, 0.25) is 10.0 Å². The number of benzene rings is 1. The summed E-state index contributed by atoms with van der Waals surface area (Å²) in [5, 5.41) is 8.97. The number of aliphatic hydroxyl groups excluding tert-OH is 1. The number of ether oxygens (including phenoxy) is 2. The molecule has 0 amide bonds. The van der Waals surface area contributed by atoms with Gasteiger partial charge in [-0.25, -0.2) is 8.42 Å². The number of hydrogen-bond acceptors (Lipinski definition) is 5. The summed E-state index contributed by atoms with van der Waals surface area (Å²) >= 11 is 0. The third kappa shape index (κ3) is 5.95. The molecule has 1 N–H and O–H groups in total. The maximum absolute atomic E-state index is 12.7. The molecule has 0 spiro atoms. The second-order valence-electron chi connectivity index (χ2n) is 6.45. The lowest BCUT2D eigenvalue weighted by Crippen LogP contribution is -2.38. The quantitative estimate of drug-likeness (QED) is 0.572. The highest BCUT2D eigenvalue weighted by atomic mass is 32.2. The summed E-state index contributed by atoms with van der Waals surface area (Å²) in [5.41, 5.74) is 0.889. The van der Waals surface area contributed by atoms with E-state index in [9.17, 15) is 8.42 Å². The van der Waals surface area contributed by atoms with Crippen molar-refractivity contribution in [3.8, 4) is 5.75 Å². The molecule has 1 aliphatic rings. The fourth-order valence-corrected chi connectivity index (χ4v) is 4.42. The van der Waals surface area contributed by atoms with E-state index in [-0.39, 0.29) is 31.6 Å². The first-order chi connectivity index (χ1) is 12.0. The van der Waals surface area contributed by atoms with Gasteiger partial charge in [-0.3, -0.25) is 0 Å². The highest BCUT2D eigenvalue weighted by Crippen LogP contribution is 2.32. The SMILES string of the molecule is CCC(c1cccc(OCC2CC2)c1)N(COC)S(=O)(=O)CCCO. The molecule has 1 aromatic rings. The van der Waals surface area contributed by atoms with Crippen LogP contribution in [0.3, 0.4) is 0 Å². The number of aliphatic hydroxyl groups is 1. The van der Waals surface area contributed by atoms with E-state index in [1.807, 2.05) is 31.2 Å². The summed E-state index contributed by atoms with van der Waals surface area (Å²) < 4.78 is 37.7. The van der Waals surface area contributed by atoms with Gasteiger partial charge in [-0.1, -0.05) is 19.1 Å². The van der Waals surface area contributed by atoms with Gasteiger partial charge in [0.05, 0.1) is 18.4 Å². The Hall–Kier alpha value is -1.15. The van der Waals surface area contributed by atoms with E-state index in [4.69, 9.17) is 14.6 Å². The molecule has 1 aliphatic carbocycles. The molecular weight excluding hydrogens is 342 g/mol. The predicted molar refractivity (Wildman–Crippen MR) is 96.9 cm³/mol. The molecule has 0 aliphatic heterocycles. The van der Waals surface area contributed by atoms with Crippen LogP contribution in [0.15, 0.2) is 24.3 Å². The molecule has 0 heterocycles. The second-order valence-corrected chi connectivity index (χ2v) is 8.49. The Morgan fingerprint density at radius 1 is 1.36 bits per heavy atom. The van der Waals surface area contributed by atoms with E-state index < -0.39 is 10.0 Å². The minimum Gasteiger partial charge on any atom is -0.493 e. The molecule has 0 saturated heterocycles. The van der Waals surface area contributed by atoms with Crippen LogP contribution in [0.5, 0.6) is 5.75 Å². The van der Waals surface area contributed by atoms with E-state index >= 15 is 0 Å². The first kappa shape index (κ1) is 20.2. The van der Waals surface area contributed by atoms with Gasteiger partial charge in [0.1, 0.15) is 12.5 Å². The molecule has 1 unspecified atom stereocenters. The van der Waals surface area contributed by atoms with Crippen LogP contribution in [-0.2, 0) is 14.8 Å². The summed E-state index contributed by atoms with van der Waals surface area (Å²) in [7, 11) is -2.04. The fraction of sp³-hybridized carbons (Fsp3) is 0.667. The van der Waals surface area contributed by atoms with Crippen molar-refractivity contribution in [2.24, 2.45) is 5.92 Å². The largest absolute Gasteiger partial charge is 0.493 e. The van der Waals surface area contributed by atoms with Gasteiger partial charge in [0.15, 0.2) is 0 Å². The summed E-state index contributed by atoms with van der Waals surface area (Å²) in [6.07, 6.45) is 3.28. The number of methoxy groups -OCH3 is 1. The molecule has 6 nitrogen and oxygen atoms in total. The minimum absolute atomic E-state index is 0.0145. The fourth-order valence-electron chi connectivity index (χ4n) is 2.77. The summed E-state index contributed by atoms with van der Waals surface area (Å²) in [6.45, 7) is 2.50. The molecule has 25 heavy (non-hydrogen) atoms. The topological polar surface area (TPSA) is 76.1 Å². The van der Waals surface area contributed by atoms with Crippen LogP contribution in [-0.4, -0.2) is 50.6 Å². The van der Waals surface area contributed by atoms with Crippen molar-refractivity contribution in [3.63, 3.8) is 0 Å². The molecule has 1 saturated carbocycles. The van der Waals surface area contributed by atoms with Crippen LogP contribution in [0.25, 0.3) is 0 Å². The zero-order chi connectivity index (χ0) is 18.3. The summed E-state index contributed by atoms with van der Waals surface area (Å²) in [4.78, 5) is 0. The van der Waals surface area contributed by atoms with Gasteiger partial charge in [0.25, 0.3) is 0 Å². The van der Waals surface area contributed by atoms with Crippen molar-refractivity contribution >= 4 is 10.0 Å². The minimum atomic E-state index is -3.53. The van der Waals surface area contributed by atoms with Crippen molar-refractivity contribution in [2.45, 2.75) is 38.6 Å². The number of hydrogen-bond donors (Lipinski definition) is 1. The summed E-state index contributed by atoms with van der Waals surface area (Å²) in [5.74, 6) is 1.34. The van der Waals surface area contributed by atoms with Crippen LogP contribution in [0.4, 0.5) is 0 Å². The number of nitrogens with zero attached hydrogens (tertiary/aromatic N) is 1. The molecular formula is C18H29NO5S. The smallest absolute Gasteiger partial charge is 0.216 e. The van der Waals surface area contributed by atoms with Crippen molar-refractivity contribution in [1.82, 2.24) is 4.31 Å². The predicted octanol–water partition coefficient (Wildman–Crippen LogP) is 2.54. The standard InChI is InChI=1S/C18H29NO5S/c1-3-18(19(14-23-2)25(21,22)11-5-10-20)16-6-4-7-17(12-16)24-13-15-8-9-15/h4,6-7,12,15,18,20H,3,5,8-11,13-14H2,1-2H3. The van der Waals surface area contributed by atoms with Crippen molar-refractivity contribution in [2.75, 3.05) is 32.8 Å². The Labute approximate surface area is 150 Å². The van der Waals surface area contributed by atoms with Crippen LogP contribution in [0, 0.1) is 5.92 Å². The first-order valence-electron chi connectivity index (χ1n) is 8.84. The monoisotopic (exact) mass is 371 g/mol. The Kier molecular flexibility index (Phi) is 7.68. The molecule has 0 bridgehead atoms. The maximum Gasteiger partial charge on any atom is 0.216 e. The average Bonchev–Trinajstić information content (AvgIpc) is 3.43. The van der Waals surface area contributed by atoms with E-state index in [1.165, 1.54) is 24.3 Å². The van der Waals surface area contributed by atoms with E-state index in [1.54, 1.807) is 0 Å². The molecule has 142 valence electrons. The normalized spacial score (nSPS) is 16.2. The highest BCUT2D eigenvalue weighted by Gasteiger charge is 2.30. The lowest BCUT2D eigenvalue weighted by Gasteiger charge is -2.30. The molecule has 1 aromatic carbocycles. The second kappa shape index (κ2) is 9.52. The molecule has 2 rings (SSSR count). The van der Waals surface area contributed by atoms with Crippen molar-refractivity contribution < 1.29 is 23.0 Å². The van der Waals surface area contributed by atoms with E-state index in [2.05, 4.69) is 0 Å². The Morgan fingerprint density at radius 2 is 2.12 bits per heavy atom. The molecule has 1 atom stereocenters. The van der Waals surface area contributed by atoms with Crippen LogP contribution >= 0.6 is 0 Å². The third-order valence-electron chi connectivity index (χ3n) is 4.33. The van der Waals surface area contributed by atoms with Gasteiger partial charge in [-0.2, -0.15) is 4.31 Å². The maximum atomic E-state index is 12.7. The number of sulfonamides is 1. The lowest BCUT2D eigenvalue weighted by atomic mass is 10.0. The van der Waals surface area contributed by atoms with Crippen LogP contribution in [0.2, 0.25) is 0 Å². The lowest BCUT2D eigenvalue weighted by molar-refractivity contribution is 0.0916. The zero-order valence-corrected chi connectivity index (χ0v) is 15.9. The van der Waals surface area contributed by atoms with Gasteiger partial charge < -0.3 is 14.6 Å².